The number of hydrogen-bond acceptors (Lipinski definition) is 5. The van der Waals surface area contributed by atoms with Crippen molar-refractivity contribution in [2.24, 2.45) is 0 Å². The number of benzene rings is 1. The van der Waals surface area contributed by atoms with Gasteiger partial charge in [-0.2, -0.15) is 18.3 Å². The first-order valence-corrected chi connectivity index (χ1v) is 8.68. The average Bonchev–Trinajstić information content (AvgIpc) is 3.23. The second-order valence-electron chi connectivity index (χ2n) is 6.67. The van der Waals surface area contributed by atoms with Crippen molar-refractivity contribution in [3.05, 3.63) is 71.4 Å². The van der Waals surface area contributed by atoms with Crippen LogP contribution in [0.1, 0.15) is 22.6 Å². The highest BCUT2D eigenvalue weighted by atomic mass is 19.4. The van der Waals surface area contributed by atoms with Crippen LogP contribution in [0.3, 0.4) is 0 Å². The number of para-hydroxylation sites is 2. The zero-order valence-corrected chi connectivity index (χ0v) is 15.3. The molecule has 3 heterocycles. The van der Waals surface area contributed by atoms with Crippen LogP contribution < -0.4 is 5.73 Å². The molecule has 0 amide bonds. The Balaban J connectivity index is 1.88. The fraction of sp³-hybridized carbons (Fsp3) is 0.211. The van der Waals surface area contributed by atoms with Crippen LogP contribution in [0.15, 0.2) is 48.8 Å². The normalized spacial score (nSPS) is 14.2. The number of nitrogens with two attached hydrogens (primary N) is 1. The van der Waals surface area contributed by atoms with E-state index in [-0.39, 0.29) is 18.1 Å². The van der Waals surface area contributed by atoms with Crippen molar-refractivity contribution in [1.82, 2.24) is 24.7 Å². The molecule has 0 radical (unpaired) electrons. The lowest BCUT2D eigenvalue weighted by Crippen LogP contribution is -2.45. The molecule has 1 unspecified atom stereocenters. The number of fused-ring (bicyclic) bond motifs is 1. The Morgan fingerprint density at radius 2 is 1.83 bits per heavy atom. The maximum absolute atomic E-state index is 14.2. The number of halogens is 3. The summed E-state index contributed by atoms with van der Waals surface area (Å²) in [5.74, 6) is -0.955. The maximum atomic E-state index is 14.2. The smallest absolute Gasteiger partial charge is 0.384 e. The van der Waals surface area contributed by atoms with Crippen molar-refractivity contribution in [3.63, 3.8) is 0 Å². The van der Waals surface area contributed by atoms with Gasteiger partial charge >= 0.3 is 6.18 Å². The van der Waals surface area contributed by atoms with E-state index in [2.05, 4.69) is 20.1 Å². The zero-order chi connectivity index (χ0) is 20.8. The number of nitrogen functional groups attached to an aromatic ring is 1. The molecule has 0 aliphatic heterocycles. The number of nitrogens with one attached hydrogen (secondary N) is 1. The number of aromatic nitrogens is 5. The lowest BCUT2D eigenvalue weighted by molar-refractivity contribution is -0.250. The van der Waals surface area contributed by atoms with Gasteiger partial charge in [0.15, 0.2) is 5.82 Å². The molecule has 0 spiro atoms. The summed E-state index contributed by atoms with van der Waals surface area (Å²) in [4.78, 5) is 10.5. The van der Waals surface area contributed by atoms with Crippen molar-refractivity contribution in [3.8, 4) is 0 Å². The summed E-state index contributed by atoms with van der Waals surface area (Å²) in [6.45, 7) is 1.50. The summed E-state index contributed by atoms with van der Waals surface area (Å²) >= 11 is 0. The SMILES string of the molecule is Cc1nn(Cc2ccncc2)c(N)c1C(O)(c1nc2ccccc2[nH]1)C(F)(F)F. The van der Waals surface area contributed by atoms with E-state index >= 15 is 0 Å². The van der Waals surface area contributed by atoms with Gasteiger partial charge in [-0.3, -0.25) is 4.98 Å². The van der Waals surface area contributed by atoms with E-state index in [1.807, 2.05) is 0 Å². The van der Waals surface area contributed by atoms with Crippen molar-refractivity contribution in [2.45, 2.75) is 25.2 Å². The highest BCUT2D eigenvalue weighted by Crippen LogP contribution is 2.46. The first kappa shape index (κ1) is 18.9. The number of nitrogens with zero attached hydrogens (tertiary/aromatic N) is 4. The molecule has 0 fully saturated rings. The third-order valence-electron chi connectivity index (χ3n) is 4.75. The summed E-state index contributed by atoms with van der Waals surface area (Å²) in [6.07, 6.45) is -1.98. The number of alkyl halides is 3. The molecule has 4 aromatic rings. The Hall–Kier alpha value is -3.40. The van der Waals surface area contributed by atoms with Gasteiger partial charge in [-0.1, -0.05) is 12.1 Å². The average molecular weight is 402 g/mol. The molecule has 4 N–H and O–H groups in total. The minimum Gasteiger partial charge on any atom is -0.384 e. The van der Waals surface area contributed by atoms with E-state index in [1.54, 1.807) is 48.8 Å². The minimum atomic E-state index is -5.09. The topological polar surface area (TPSA) is 106 Å². The highest BCUT2D eigenvalue weighted by Gasteiger charge is 2.61. The summed E-state index contributed by atoms with van der Waals surface area (Å²) in [5.41, 5.74) is 3.43. The van der Waals surface area contributed by atoms with Crippen LogP contribution in [0.2, 0.25) is 0 Å². The Kier molecular flexibility index (Phi) is 4.30. The summed E-state index contributed by atoms with van der Waals surface area (Å²) in [5, 5.41) is 15.1. The first-order chi connectivity index (χ1) is 13.7. The number of hydrogen-bond donors (Lipinski definition) is 3. The molecule has 1 aromatic carbocycles. The van der Waals surface area contributed by atoms with E-state index in [0.717, 1.165) is 5.56 Å². The molecule has 10 heteroatoms. The standard InChI is InChI=1S/C19H17F3N6O/c1-11-15(16(23)28(27-11)10-12-6-8-24-9-7-12)18(29,19(20,21)22)17-25-13-4-2-3-5-14(13)26-17/h2-9,29H,10,23H2,1H3,(H,25,26). The molecule has 0 saturated heterocycles. The largest absolute Gasteiger partial charge is 0.429 e. The molecule has 0 saturated carbocycles. The van der Waals surface area contributed by atoms with Crippen molar-refractivity contribution >= 4 is 16.9 Å². The van der Waals surface area contributed by atoms with Crippen LogP contribution >= 0.6 is 0 Å². The molecule has 0 bridgehead atoms. The Morgan fingerprint density at radius 3 is 2.48 bits per heavy atom. The number of H-pyrrole nitrogens is 1. The number of anilines is 1. The van der Waals surface area contributed by atoms with Crippen LogP contribution in [0.5, 0.6) is 0 Å². The molecule has 3 aromatic heterocycles. The van der Waals surface area contributed by atoms with Crippen LogP contribution in [-0.4, -0.2) is 36.0 Å². The lowest BCUT2D eigenvalue weighted by Gasteiger charge is -2.29. The van der Waals surface area contributed by atoms with Crippen LogP contribution in [0.25, 0.3) is 11.0 Å². The molecule has 4 rings (SSSR count). The van der Waals surface area contributed by atoms with Crippen molar-refractivity contribution in [1.29, 1.82) is 0 Å². The second-order valence-corrected chi connectivity index (χ2v) is 6.67. The third kappa shape index (κ3) is 3.01. The Morgan fingerprint density at radius 1 is 1.14 bits per heavy atom. The minimum absolute atomic E-state index is 0.0446. The third-order valence-corrected chi connectivity index (χ3v) is 4.75. The van der Waals surface area contributed by atoms with E-state index in [1.165, 1.54) is 11.6 Å². The lowest BCUT2D eigenvalue weighted by atomic mass is 9.91. The monoisotopic (exact) mass is 402 g/mol. The van der Waals surface area contributed by atoms with Crippen molar-refractivity contribution in [2.75, 3.05) is 5.73 Å². The van der Waals surface area contributed by atoms with Crippen LogP contribution in [0, 0.1) is 6.92 Å². The first-order valence-electron chi connectivity index (χ1n) is 8.68. The van der Waals surface area contributed by atoms with E-state index in [0.29, 0.717) is 11.0 Å². The Labute approximate surface area is 163 Å². The van der Waals surface area contributed by atoms with Gasteiger partial charge in [0.05, 0.1) is 28.8 Å². The van der Waals surface area contributed by atoms with E-state index in [9.17, 15) is 18.3 Å². The van der Waals surface area contributed by atoms with E-state index < -0.39 is 23.2 Å². The molecule has 29 heavy (non-hydrogen) atoms. The number of aliphatic hydroxyl groups is 1. The van der Waals surface area contributed by atoms with E-state index in [4.69, 9.17) is 5.73 Å². The maximum Gasteiger partial charge on any atom is 0.429 e. The van der Waals surface area contributed by atoms with Gasteiger partial charge in [0.25, 0.3) is 0 Å². The van der Waals surface area contributed by atoms with Gasteiger partial charge in [0.1, 0.15) is 5.82 Å². The molecule has 7 nitrogen and oxygen atoms in total. The molecule has 1 atom stereocenters. The van der Waals surface area contributed by atoms with Gasteiger partial charge in [0.2, 0.25) is 5.60 Å². The van der Waals surface area contributed by atoms with Crippen LogP contribution in [-0.2, 0) is 12.1 Å². The predicted molar refractivity (Wildman–Crippen MR) is 99.9 cm³/mol. The number of aryl methyl sites for hydroxylation is 1. The number of pyridine rings is 1. The quantitative estimate of drug-likeness (QED) is 0.487. The molecular formula is C19H17F3N6O. The summed E-state index contributed by atoms with van der Waals surface area (Å²) in [6, 6.07) is 9.83. The number of imidazole rings is 1. The molecular weight excluding hydrogens is 385 g/mol. The molecule has 150 valence electrons. The molecule has 0 aliphatic rings. The van der Waals surface area contributed by atoms with Crippen LogP contribution in [0.4, 0.5) is 19.0 Å². The van der Waals surface area contributed by atoms with Gasteiger partial charge < -0.3 is 15.8 Å². The van der Waals surface area contributed by atoms with Crippen molar-refractivity contribution < 1.29 is 18.3 Å². The summed E-state index contributed by atoms with van der Waals surface area (Å²) in [7, 11) is 0. The zero-order valence-electron chi connectivity index (χ0n) is 15.3. The number of aromatic amines is 1. The highest BCUT2D eigenvalue weighted by molar-refractivity contribution is 5.75. The number of rotatable bonds is 4. The second kappa shape index (κ2) is 6.59. The predicted octanol–water partition coefficient (Wildman–Crippen LogP) is 2.89. The Bertz CT molecular complexity index is 1130. The van der Waals surface area contributed by atoms with Gasteiger partial charge in [-0.15, -0.1) is 0 Å². The summed E-state index contributed by atoms with van der Waals surface area (Å²) < 4.78 is 43.8. The fourth-order valence-corrected chi connectivity index (χ4v) is 3.35. The molecule has 0 aliphatic carbocycles. The van der Waals surface area contributed by atoms with Gasteiger partial charge in [-0.05, 0) is 36.8 Å². The van der Waals surface area contributed by atoms with Gasteiger partial charge in [-0.25, -0.2) is 9.67 Å². The fourth-order valence-electron chi connectivity index (χ4n) is 3.35. The van der Waals surface area contributed by atoms with Gasteiger partial charge in [0, 0.05) is 12.4 Å².